The number of sulfonamides is 1. The minimum atomic E-state index is -4.57. The average Bonchev–Trinajstić information content (AvgIpc) is 3.12. The highest BCUT2D eigenvalue weighted by Crippen LogP contribution is 2.30. The predicted molar refractivity (Wildman–Crippen MR) is 120 cm³/mol. The van der Waals surface area contributed by atoms with Crippen molar-refractivity contribution in [1.82, 2.24) is 9.78 Å². The molecule has 0 radical (unpaired) electrons. The Morgan fingerprint density at radius 3 is 2.38 bits per heavy atom. The van der Waals surface area contributed by atoms with Gasteiger partial charge in [0.2, 0.25) is 15.5 Å². The van der Waals surface area contributed by atoms with Crippen molar-refractivity contribution in [2.24, 2.45) is 0 Å². The third kappa shape index (κ3) is 4.67. The lowest BCUT2D eigenvalue weighted by Crippen LogP contribution is -2.27. The first kappa shape index (κ1) is 23.5. The zero-order chi connectivity index (χ0) is 24.7. The van der Waals surface area contributed by atoms with E-state index in [9.17, 15) is 31.2 Å². The topological polar surface area (TPSA) is 101 Å². The lowest BCUT2D eigenvalue weighted by Gasteiger charge is -2.17. The first-order valence-electron chi connectivity index (χ1n) is 10.2. The summed E-state index contributed by atoms with van der Waals surface area (Å²) in [7, 11) is -3.35. The van der Waals surface area contributed by atoms with E-state index in [4.69, 9.17) is 0 Å². The highest BCUT2D eigenvalue weighted by Gasteiger charge is 2.31. The quantitative estimate of drug-likeness (QED) is 0.602. The number of anilines is 2. The zero-order valence-electron chi connectivity index (χ0n) is 17.8. The number of hydrogen-bond acceptors (Lipinski definition) is 5. The summed E-state index contributed by atoms with van der Waals surface area (Å²) < 4.78 is 65.7. The summed E-state index contributed by atoms with van der Waals surface area (Å²) in [5.74, 6) is -0.782. The van der Waals surface area contributed by atoms with Crippen molar-refractivity contribution in [3.63, 3.8) is 0 Å². The minimum Gasteiger partial charge on any atom is -0.320 e. The van der Waals surface area contributed by atoms with Crippen molar-refractivity contribution >= 4 is 27.3 Å². The number of nitrogens with zero attached hydrogens (tertiary/aromatic N) is 3. The van der Waals surface area contributed by atoms with Crippen molar-refractivity contribution in [2.45, 2.75) is 19.5 Å². The standard InChI is InChI=1S/C22H19F3N4O4S/c1-14-12-19(30)20(27-29(14)18-5-2-4-15(13-18)22(23,24)25)21(31)26-16-6-8-17(9-7-16)28-10-3-11-34(28,32)33/h2,4-9,12-13H,3,10-11H2,1H3,(H,26,31). The lowest BCUT2D eigenvalue weighted by molar-refractivity contribution is -0.137. The van der Waals surface area contributed by atoms with Crippen molar-refractivity contribution in [3.8, 4) is 5.69 Å². The van der Waals surface area contributed by atoms with Crippen LogP contribution in [0.1, 0.15) is 28.2 Å². The van der Waals surface area contributed by atoms with E-state index in [-0.39, 0.29) is 22.8 Å². The van der Waals surface area contributed by atoms with Crippen molar-refractivity contribution in [1.29, 1.82) is 0 Å². The number of aromatic nitrogens is 2. The van der Waals surface area contributed by atoms with Crippen LogP contribution in [0.2, 0.25) is 0 Å². The molecule has 2 aromatic carbocycles. The molecule has 8 nitrogen and oxygen atoms in total. The van der Waals surface area contributed by atoms with Crippen molar-refractivity contribution in [2.75, 3.05) is 21.9 Å². The molecule has 1 aliphatic rings. The second kappa shape index (κ2) is 8.60. The van der Waals surface area contributed by atoms with Crippen LogP contribution < -0.4 is 15.1 Å². The monoisotopic (exact) mass is 492 g/mol. The molecule has 0 aliphatic carbocycles. The number of alkyl halides is 3. The number of halogens is 3. The molecule has 0 bridgehead atoms. The Morgan fingerprint density at radius 2 is 1.76 bits per heavy atom. The fourth-order valence-corrected chi connectivity index (χ4v) is 5.18. The molecule has 1 saturated heterocycles. The van der Waals surface area contributed by atoms with Crippen molar-refractivity contribution in [3.05, 3.63) is 81.8 Å². The van der Waals surface area contributed by atoms with Gasteiger partial charge in [-0.15, -0.1) is 0 Å². The molecular weight excluding hydrogens is 473 g/mol. The van der Waals surface area contributed by atoms with E-state index >= 15 is 0 Å². The van der Waals surface area contributed by atoms with Gasteiger partial charge in [-0.05, 0) is 55.8 Å². The molecule has 4 rings (SSSR count). The first-order chi connectivity index (χ1) is 16.0. The Bertz CT molecular complexity index is 1420. The first-order valence-corrected chi connectivity index (χ1v) is 11.8. The van der Waals surface area contributed by atoms with Crippen LogP contribution >= 0.6 is 0 Å². The van der Waals surface area contributed by atoms with E-state index in [1.165, 1.54) is 47.6 Å². The molecule has 0 atom stereocenters. The number of rotatable bonds is 4. The summed E-state index contributed by atoms with van der Waals surface area (Å²) in [5.41, 5.74) is -1.06. The number of carbonyl (C=O) groups excluding carboxylic acids is 1. The van der Waals surface area contributed by atoms with Gasteiger partial charge in [0.1, 0.15) is 0 Å². The van der Waals surface area contributed by atoms with Gasteiger partial charge >= 0.3 is 6.18 Å². The number of carbonyl (C=O) groups is 1. The van der Waals surface area contributed by atoms with E-state index in [2.05, 4.69) is 10.4 Å². The molecule has 3 aromatic rings. The Morgan fingerprint density at radius 1 is 1.06 bits per heavy atom. The summed E-state index contributed by atoms with van der Waals surface area (Å²) in [6.07, 6.45) is -4.04. The number of hydrogen-bond donors (Lipinski definition) is 1. The summed E-state index contributed by atoms with van der Waals surface area (Å²) in [5, 5.41) is 6.51. The van der Waals surface area contributed by atoms with E-state index in [1.54, 1.807) is 0 Å². The second-order valence-corrected chi connectivity index (χ2v) is 9.71. The Kier molecular flexibility index (Phi) is 5.94. The molecule has 34 heavy (non-hydrogen) atoms. The molecule has 1 aliphatic heterocycles. The van der Waals surface area contributed by atoms with Crippen LogP contribution in [0.25, 0.3) is 5.69 Å². The maximum Gasteiger partial charge on any atom is 0.416 e. The van der Waals surface area contributed by atoms with Gasteiger partial charge in [0.15, 0.2) is 5.69 Å². The highest BCUT2D eigenvalue weighted by molar-refractivity contribution is 7.93. The number of benzene rings is 2. The SMILES string of the molecule is Cc1cc(=O)c(C(=O)Nc2ccc(N3CCCS3(=O)=O)cc2)nn1-c1cccc(C(F)(F)F)c1. The maximum atomic E-state index is 13.1. The molecule has 0 unspecified atom stereocenters. The molecular formula is C22H19F3N4O4S. The predicted octanol–water partition coefficient (Wildman–Crippen LogP) is 3.35. The van der Waals surface area contributed by atoms with Gasteiger partial charge in [-0.1, -0.05) is 6.07 Å². The smallest absolute Gasteiger partial charge is 0.320 e. The van der Waals surface area contributed by atoms with Gasteiger partial charge in [0.25, 0.3) is 5.91 Å². The Balaban J connectivity index is 1.60. The normalized spacial score (nSPS) is 15.4. The molecule has 12 heteroatoms. The van der Waals surface area contributed by atoms with Crippen LogP contribution in [0.4, 0.5) is 24.5 Å². The number of aryl methyl sites for hydroxylation is 1. The molecule has 0 spiro atoms. The zero-order valence-corrected chi connectivity index (χ0v) is 18.7. The van der Waals surface area contributed by atoms with Gasteiger partial charge in [0, 0.05) is 24.0 Å². The summed E-state index contributed by atoms with van der Waals surface area (Å²) in [4.78, 5) is 25.1. The van der Waals surface area contributed by atoms with Crippen LogP contribution in [0, 0.1) is 6.92 Å². The summed E-state index contributed by atoms with van der Waals surface area (Å²) in [6, 6.07) is 11.5. The lowest BCUT2D eigenvalue weighted by atomic mass is 10.2. The molecule has 1 aromatic heterocycles. The molecule has 2 heterocycles. The molecule has 1 amide bonds. The van der Waals surface area contributed by atoms with Gasteiger partial charge in [-0.3, -0.25) is 13.9 Å². The molecule has 0 saturated carbocycles. The maximum absolute atomic E-state index is 13.1. The van der Waals surface area contributed by atoms with E-state index < -0.39 is 38.8 Å². The number of nitrogens with one attached hydrogen (secondary N) is 1. The molecule has 1 fully saturated rings. The van der Waals surface area contributed by atoms with Gasteiger partial charge in [0.05, 0.1) is 22.7 Å². The van der Waals surface area contributed by atoms with E-state index in [1.807, 2.05) is 0 Å². The third-order valence-electron chi connectivity index (χ3n) is 5.25. The van der Waals surface area contributed by atoms with Gasteiger partial charge in [-0.2, -0.15) is 18.3 Å². The third-order valence-corrected chi connectivity index (χ3v) is 7.12. The van der Waals surface area contributed by atoms with Crippen LogP contribution in [-0.2, 0) is 16.2 Å². The van der Waals surface area contributed by atoms with Crippen LogP contribution in [0.15, 0.2) is 59.4 Å². The summed E-state index contributed by atoms with van der Waals surface area (Å²) in [6.45, 7) is 1.86. The second-order valence-electron chi connectivity index (χ2n) is 7.70. The van der Waals surface area contributed by atoms with Crippen LogP contribution in [-0.4, -0.2) is 36.4 Å². The Labute approximate surface area is 192 Å². The fourth-order valence-electron chi connectivity index (χ4n) is 3.61. The molecule has 1 N–H and O–H groups in total. The average molecular weight is 492 g/mol. The highest BCUT2D eigenvalue weighted by atomic mass is 32.2. The molecule has 178 valence electrons. The van der Waals surface area contributed by atoms with Crippen molar-refractivity contribution < 1.29 is 26.4 Å². The Hall–Kier alpha value is -3.67. The van der Waals surface area contributed by atoms with Crippen LogP contribution in [0.3, 0.4) is 0 Å². The van der Waals surface area contributed by atoms with Gasteiger partial charge < -0.3 is 5.32 Å². The largest absolute Gasteiger partial charge is 0.416 e. The van der Waals surface area contributed by atoms with Gasteiger partial charge in [-0.25, -0.2) is 13.1 Å². The minimum absolute atomic E-state index is 0.0394. The fraction of sp³-hybridized carbons (Fsp3) is 0.227. The van der Waals surface area contributed by atoms with E-state index in [0.29, 0.717) is 18.7 Å². The van der Waals surface area contributed by atoms with E-state index in [0.717, 1.165) is 22.9 Å². The summed E-state index contributed by atoms with van der Waals surface area (Å²) >= 11 is 0. The number of amides is 1. The van der Waals surface area contributed by atoms with Crippen LogP contribution in [0.5, 0.6) is 0 Å².